The first-order valence-corrected chi connectivity index (χ1v) is 10.5. The normalized spacial score (nSPS) is 18.1. The number of hydrogen-bond acceptors (Lipinski definition) is 6. The SMILES string of the molecule is C[C@H](NC(=O)C1C[C@H](Oc2ccccc2)CN1)C(=O)NCc1ccc(C(=N)NC(=O)O)cc1. The van der Waals surface area contributed by atoms with Gasteiger partial charge in [-0.25, -0.2) is 4.79 Å². The number of nitrogens with one attached hydrogen (secondary N) is 5. The highest BCUT2D eigenvalue weighted by atomic mass is 16.5. The molecule has 0 bridgehead atoms. The Morgan fingerprint density at radius 1 is 1.15 bits per heavy atom. The molecule has 1 heterocycles. The van der Waals surface area contributed by atoms with Crippen molar-refractivity contribution in [1.82, 2.24) is 21.3 Å². The monoisotopic (exact) mass is 453 g/mol. The van der Waals surface area contributed by atoms with Crippen molar-refractivity contribution in [3.8, 4) is 5.75 Å². The van der Waals surface area contributed by atoms with Crippen molar-refractivity contribution in [2.45, 2.75) is 38.1 Å². The molecule has 6 N–H and O–H groups in total. The van der Waals surface area contributed by atoms with Gasteiger partial charge in [0.1, 0.15) is 23.7 Å². The summed E-state index contributed by atoms with van der Waals surface area (Å²) in [5.41, 5.74) is 1.18. The Morgan fingerprint density at radius 2 is 1.85 bits per heavy atom. The minimum Gasteiger partial charge on any atom is -0.489 e. The van der Waals surface area contributed by atoms with Crippen molar-refractivity contribution in [1.29, 1.82) is 5.41 Å². The van der Waals surface area contributed by atoms with Gasteiger partial charge in [0, 0.05) is 25.1 Å². The molecule has 0 aromatic heterocycles. The van der Waals surface area contributed by atoms with E-state index in [1.165, 1.54) is 0 Å². The number of hydrogen-bond donors (Lipinski definition) is 6. The third-order valence-corrected chi connectivity index (χ3v) is 5.15. The second kappa shape index (κ2) is 11.1. The predicted octanol–water partition coefficient (Wildman–Crippen LogP) is 1.21. The fourth-order valence-corrected chi connectivity index (χ4v) is 3.37. The van der Waals surface area contributed by atoms with Crippen LogP contribution in [0.3, 0.4) is 0 Å². The molecule has 0 saturated carbocycles. The number of benzene rings is 2. The van der Waals surface area contributed by atoms with Gasteiger partial charge in [-0.3, -0.25) is 20.3 Å². The van der Waals surface area contributed by atoms with Gasteiger partial charge in [-0.05, 0) is 24.6 Å². The van der Waals surface area contributed by atoms with E-state index in [-0.39, 0.29) is 30.3 Å². The highest BCUT2D eigenvalue weighted by Crippen LogP contribution is 2.17. The molecule has 1 aliphatic heterocycles. The standard InChI is InChI=1S/C23H27N5O5/c1-14(21(29)26-12-15-7-9-16(10-8-15)20(24)28-23(31)32)27-22(30)19-11-18(13-25-19)33-17-5-3-2-4-6-17/h2-10,14,18-19,25H,11-13H2,1H3,(H2,24,28)(H,26,29)(H,27,30)(H,31,32)/t14-,18-,19?/m0/s1. The van der Waals surface area contributed by atoms with E-state index in [0.717, 1.165) is 11.3 Å². The van der Waals surface area contributed by atoms with E-state index >= 15 is 0 Å². The summed E-state index contributed by atoms with van der Waals surface area (Å²) in [6.45, 7) is 2.39. The van der Waals surface area contributed by atoms with Gasteiger partial charge in [0.25, 0.3) is 0 Å². The van der Waals surface area contributed by atoms with E-state index < -0.39 is 18.2 Å². The molecule has 0 spiro atoms. The van der Waals surface area contributed by atoms with Gasteiger partial charge in [0.2, 0.25) is 11.8 Å². The Kier molecular flexibility index (Phi) is 7.98. The third-order valence-electron chi connectivity index (χ3n) is 5.15. The maximum atomic E-state index is 12.5. The molecule has 33 heavy (non-hydrogen) atoms. The second-order valence-corrected chi connectivity index (χ2v) is 7.70. The summed E-state index contributed by atoms with van der Waals surface area (Å²) in [5, 5.41) is 26.9. The van der Waals surface area contributed by atoms with E-state index in [1.54, 1.807) is 31.2 Å². The number of carbonyl (C=O) groups is 3. The molecule has 1 unspecified atom stereocenters. The van der Waals surface area contributed by atoms with Gasteiger partial charge >= 0.3 is 6.09 Å². The zero-order valence-corrected chi connectivity index (χ0v) is 18.1. The first-order valence-electron chi connectivity index (χ1n) is 10.5. The van der Waals surface area contributed by atoms with Gasteiger partial charge in [-0.15, -0.1) is 0 Å². The van der Waals surface area contributed by atoms with Crippen molar-refractivity contribution >= 4 is 23.7 Å². The minimum absolute atomic E-state index is 0.123. The topological polar surface area (TPSA) is 153 Å². The van der Waals surface area contributed by atoms with Crippen LogP contribution >= 0.6 is 0 Å². The maximum absolute atomic E-state index is 12.5. The molecule has 1 fully saturated rings. The number of carbonyl (C=O) groups excluding carboxylic acids is 2. The van der Waals surface area contributed by atoms with Crippen LogP contribution in [0.25, 0.3) is 0 Å². The van der Waals surface area contributed by atoms with Crippen LogP contribution in [-0.2, 0) is 16.1 Å². The summed E-state index contributed by atoms with van der Waals surface area (Å²) < 4.78 is 5.87. The molecule has 10 nitrogen and oxygen atoms in total. The Labute approximate surface area is 191 Å². The van der Waals surface area contributed by atoms with E-state index in [0.29, 0.717) is 18.5 Å². The van der Waals surface area contributed by atoms with Gasteiger partial charge in [-0.2, -0.15) is 0 Å². The molecule has 0 radical (unpaired) electrons. The Balaban J connectivity index is 1.41. The number of rotatable bonds is 8. The third kappa shape index (κ3) is 7.04. The molecule has 2 aromatic carbocycles. The fraction of sp³-hybridized carbons (Fsp3) is 0.304. The molecule has 1 saturated heterocycles. The van der Waals surface area contributed by atoms with E-state index in [2.05, 4.69) is 16.0 Å². The molecular formula is C23H27N5O5. The summed E-state index contributed by atoms with van der Waals surface area (Å²) in [4.78, 5) is 35.5. The first kappa shape index (κ1) is 23.7. The lowest BCUT2D eigenvalue weighted by molar-refractivity contribution is -0.129. The number of amidine groups is 1. The lowest BCUT2D eigenvalue weighted by Gasteiger charge is -2.17. The Bertz CT molecular complexity index is 996. The van der Waals surface area contributed by atoms with E-state index in [4.69, 9.17) is 15.3 Å². The summed E-state index contributed by atoms with van der Waals surface area (Å²) in [5.74, 6) is -0.0686. The summed E-state index contributed by atoms with van der Waals surface area (Å²) in [6, 6.07) is 14.8. The lowest BCUT2D eigenvalue weighted by atomic mass is 10.1. The molecule has 0 aliphatic carbocycles. The number of para-hydroxylation sites is 1. The van der Waals surface area contributed by atoms with Crippen LogP contribution < -0.4 is 26.0 Å². The van der Waals surface area contributed by atoms with Crippen LogP contribution in [0.5, 0.6) is 5.75 Å². The van der Waals surface area contributed by atoms with E-state index in [1.807, 2.05) is 35.6 Å². The maximum Gasteiger partial charge on any atom is 0.410 e. The quantitative estimate of drug-likeness (QED) is 0.261. The van der Waals surface area contributed by atoms with Crippen LogP contribution in [-0.4, -0.2) is 53.6 Å². The molecule has 3 rings (SSSR count). The fourth-order valence-electron chi connectivity index (χ4n) is 3.37. The van der Waals surface area contributed by atoms with Gasteiger partial charge in [0.05, 0.1) is 6.04 Å². The van der Waals surface area contributed by atoms with E-state index in [9.17, 15) is 14.4 Å². The van der Waals surface area contributed by atoms with Gasteiger partial charge in [0.15, 0.2) is 0 Å². The summed E-state index contributed by atoms with van der Waals surface area (Å²) >= 11 is 0. The Morgan fingerprint density at radius 3 is 2.52 bits per heavy atom. The van der Waals surface area contributed by atoms with Crippen LogP contribution in [0.1, 0.15) is 24.5 Å². The highest BCUT2D eigenvalue weighted by molar-refractivity contribution is 6.04. The molecule has 1 aliphatic rings. The van der Waals surface area contributed by atoms with Crippen molar-refractivity contribution in [3.63, 3.8) is 0 Å². The Hall–Kier alpha value is -3.92. The molecule has 174 valence electrons. The molecule has 10 heteroatoms. The van der Waals surface area contributed by atoms with Crippen LogP contribution in [0.15, 0.2) is 54.6 Å². The van der Waals surface area contributed by atoms with Crippen molar-refractivity contribution < 1.29 is 24.2 Å². The summed E-state index contributed by atoms with van der Waals surface area (Å²) in [6.07, 6.45) is -0.922. The van der Waals surface area contributed by atoms with Crippen molar-refractivity contribution in [3.05, 3.63) is 65.7 Å². The first-order chi connectivity index (χ1) is 15.8. The molecule has 2 aromatic rings. The number of carboxylic acid groups (broad SMARTS) is 1. The molecular weight excluding hydrogens is 426 g/mol. The highest BCUT2D eigenvalue weighted by Gasteiger charge is 2.32. The average molecular weight is 453 g/mol. The van der Waals surface area contributed by atoms with Crippen LogP contribution in [0.4, 0.5) is 4.79 Å². The zero-order valence-electron chi connectivity index (χ0n) is 18.1. The van der Waals surface area contributed by atoms with Gasteiger partial charge in [-0.1, -0.05) is 42.5 Å². The summed E-state index contributed by atoms with van der Waals surface area (Å²) in [7, 11) is 0. The average Bonchev–Trinajstić information content (AvgIpc) is 3.26. The lowest BCUT2D eigenvalue weighted by Crippen LogP contribution is -2.49. The van der Waals surface area contributed by atoms with Crippen molar-refractivity contribution in [2.24, 2.45) is 0 Å². The number of amides is 3. The van der Waals surface area contributed by atoms with Crippen LogP contribution in [0.2, 0.25) is 0 Å². The molecule has 3 amide bonds. The van der Waals surface area contributed by atoms with Crippen molar-refractivity contribution in [2.75, 3.05) is 6.54 Å². The van der Waals surface area contributed by atoms with Crippen LogP contribution in [0, 0.1) is 5.41 Å². The predicted molar refractivity (Wildman–Crippen MR) is 121 cm³/mol. The minimum atomic E-state index is -1.31. The molecule has 3 atom stereocenters. The number of ether oxygens (including phenoxy) is 1. The van der Waals surface area contributed by atoms with Gasteiger partial charge < -0.3 is 25.8 Å². The largest absolute Gasteiger partial charge is 0.489 e. The second-order valence-electron chi connectivity index (χ2n) is 7.70. The smallest absolute Gasteiger partial charge is 0.410 e. The zero-order chi connectivity index (χ0) is 23.8.